The maximum Gasteiger partial charge on any atom is 0.257 e. The van der Waals surface area contributed by atoms with E-state index in [1.54, 1.807) is 18.3 Å². The minimum absolute atomic E-state index is 0.0575. The maximum atomic E-state index is 12.8. The third-order valence-electron chi connectivity index (χ3n) is 4.57. The number of piperazine rings is 1. The monoisotopic (exact) mass is 402 g/mol. The van der Waals surface area contributed by atoms with Crippen molar-refractivity contribution >= 4 is 28.8 Å². The van der Waals surface area contributed by atoms with Gasteiger partial charge in [-0.05, 0) is 43.3 Å². The zero-order valence-corrected chi connectivity index (χ0v) is 16.5. The van der Waals surface area contributed by atoms with Crippen molar-refractivity contribution in [2.45, 2.75) is 13.5 Å². The van der Waals surface area contributed by atoms with Crippen molar-refractivity contribution in [1.82, 2.24) is 19.9 Å². The Kier molecular flexibility index (Phi) is 5.24. The third kappa shape index (κ3) is 4.21. The zero-order chi connectivity index (χ0) is 18.8. The van der Waals surface area contributed by atoms with E-state index >= 15 is 0 Å². The molecule has 0 saturated carbocycles. The summed E-state index contributed by atoms with van der Waals surface area (Å²) >= 11 is 7.61. The van der Waals surface area contributed by atoms with Gasteiger partial charge in [0.05, 0.1) is 4.34 Å². The molecule has 27 heavy (non-hydrogen) atoms. The molecule has 0 atom stereocenters. The molecule has 8 heteroatoms. The predicted octanol–water partition coefficient (Wildman–Crippen LogP) is 3.72. The van der Waals surface area contributed by atoms with Crippen LogP contribution in [0.4, 0.5) is 0 Å². The van der Waals surface area contributed by atoms with Crippen LogP contribution in [0.25, 0.3) is 11.5 Å². The highest BCUT2D eigenvalue weighted by atomic mass is 35.5. The van der Waals surface area contributed by atoms with Gasteiger partial charge in [0, 0.05) is 48.7 Å². The van der Waals surface area contributed by atoms with Gasteiger partial charge in [-0.25, -0.2) is 0 Å². The Morgan fingerprint density at radius 3 is 2.48 bits per heavy atom. The Balaban J connectivity index is 1.35. The SMILES string of the molecule is Cc1noc(-c2ccc(C(=O)N3CCN(Cc4ccc(Cl)s4)CC3)cc2)n1. The van der Waals surface area contributed by atoms with Gasteiger partial charge in [-0.15, -0.1) is 11.3 Å². The Labute approximate surface area is 166 Å². The first-order valence-corrected chi connectivity index (χ1v) is 9.94. The van der Waals surface area contributed by atoms with Crippen molar-refractivity contribution in [3.63, 3.8) is 0 Å². The van der Waals surface area contributed by atoms with E-state index in [4.69, 9.17) is 16.1 Å². The molecule has 140 valence electrons. The number of thiophene rings is 1. The fraction of sp³-hybridized carbons (Fsp3) is 0.316. The molecule has 1 fully saturated rings. The summed E-state index contributed by atoms with van der Waals surface area (Å²) in [7, 11) is 0. The Morgan fingerprint density at radius 2 is 1.89 bits per heavy atom. The number of aryl methyl sites for hydroxylation is 1. The number of rotatable bonds is 4. The van der Waals surface area contributed by atoms with Gasteiger partial charge < -0.3 is 9.42 Å². The quantitative estimate of drug-likeness (QED) is 0.665. The van der Waals surface area contributed by atoms with Gasteiger partial charge in [-0.3, -0.25) is 9.69 Å². The molecule has 0 bridgehead atoms. The van der Waals surface area contributed by atoms with E-state index in [1.165, 1.54) is 4.88 Å². The van der Waals surface area contributed by atoms with Crippen molar-refractivity contribution in [3.8, 4) is 11.5 Å². The van der Waals surface area contributed by atoms with Crippen LogP contribution >= 0.6 is 22.9 Å². The molecule has 1 amide bonds. The summed E-state index contributed by atoms with van der Waals surface area (Å²) in [6.45, 7) is 5.83. The van der Waals surface area contributed by atoms with E-state index in [0.717, 1.165) is 42.6 Å². The number of benzene rings is 1. The van der Waals surface area contributed by atoms with Crippen LogP contribution in [0.1, 0.15) is 21.1 Å². The predicted molar refractivity (Wildman–Crippen MR) is 105 cm³/mol. The molecule has 0 spiro atoms. The van der Waals surface area contributed by atoms with Crippen LogP contribution in [-0.2, 0) is 6.54 Å². The molecule has 1 aliphatic heterocycles. The number of nitrogens with zero attached hydrogens (tertiary/aromatic N) is 4. The number of carbonyl (C=O) groups excluding carboxylic acids is 1. The lowest BCUT2D eigenvalue weighted by molar-refractivity contribution is 0.0629. The molecular weight excluding hydrogens is 384 g/mol. The van der Waals surface area contributed by atoms with Crippen molar-refractivity contribution in [1.29, 1.82) is 0 Å². The van der Waals surface area contributed by atoms with Crippen LogP contribution in [0.5, 0.6) is 0 Å². The molecule has 6 nitrogen and oxygen atoms in total. The number of carbonyl (C=O) groups is 1. The van der Waals surface area contributed by atoms with Crippen LogP contribution in [0.2, 0.25) is 4.34 Å². The topological polar surface area (TPSA) is 62.5 Å². The molecule has 3 heterocycles. The first-order chi connectivity index (χ1) is 13.1. The molecule has 1 saturated heterocycles. The molecule has 0 aliphatic carbocycles. The number of hydrogen-bond donors (Lipinski definition) is 0. The minimum atomic E-state index is 0.0575. The summed E-state index contributed by atoms with van der Waals surface area (Å²) in [6.07, 6.45) is 0. The molecule has 3 aromatic rings. The van der Waals surface area contributed by atoms with Crippen molar-refractivity contribution in [3.05, 3.63) is 57.0 Å². The number of aromatic nitrogens is 2. The highest BCUT2D eigenvalue weighted by Gasteiger charge is 2.22. The van der Waals surface area contributed by atoms with Gasteiger partial charge in [0.1, 0.15) is 0 Å². The standard InChI is InChI=1S/C19H19ClN4O2S/c1-13-21-18(26-22-13)14-2-4-15(5-3-14)19(25)24-10-8-23(9-11-24)12-16-6-7-17(20)27-16/h2-7H,8-12H2,1H3. The fourth-order valence-corrected chi connectivity index (χ4v) is 4.25. The fourth-order valence-electron chi connectivity index (χ4n) is 3.12. The van der Waals surface area contributed by atoms with Crippen LogP contribution in [0.3, 0.4) is 0 Å². The second-order valence-electron chi connectivity index (χ2n) is 6.50. The summed E-state index contributed by atoms with van der Waals surface area (Å²) < 4.78 is 5.98. The van der Waals surface area contributed by atoms with E-state index in [0.29, 0.717) is 17.3 Å². The number of hydrogen-bond acceptors (Lipinski definition) is 6. The van der Waals surface area contributed by atoms with Crippen LogP contribution < -0.4 is 0 Å². The summed E-state index contributed by atoms with van der Waals surface area (Å²) in [6, 6.07) is 11.3. The van der Waals surface area contributed by atoms with Crippen molar-refractivity contribution in [2.75, 3.05) is 26.2 Å². The van der Waals surface area contributed by atoms with Crippen molar-refractivity contribution < 1.29 is 9.32 Å². The van der Waals surface area contributed by atoms with Gasteiger partial charge in [0.2, 0.25) is 0 Å². The van der Waals surface area contributed by atoms with E-state index in [-0.39, 0.29) is 5.91 Å². The average Bonchev–Trinajstić information content (AvgIpc) is 3.30. The molecular formula is C19H19ClN4O2S. The maximum absolute atomic E-state index is 12.8. The lowest BCUT2D eigenvalue weighted by Gasteiger charge is -2.34. The largest absolute Gasteiger partial charge is 0.336 e. The lowest BCUT2D eigenvalue weighted by atomic mass is 10.1. The van der Waals surface area contributed by atoms with E-state index < -0.39 is 0 Å². The van der Waals surface area contributed by atoms with Gasteiger partial charge >= 0.3 is 0 Å². The second-order valence-corrected chi connectivity index (χ2v) is 8.30. The molecule has 1 aliphatic rings. The van der Waals surface area contributed by atoms with E-state index in [9.17, 15) is 4.79 Å². The highest BCUT2D eigenvalue weighted by molar-refractivity contribution is 7.16. The normalized spacial score (nSPS) is 15.3. The number of halogens is 1. The van der Waals surface area contributed by atoms with Gasteiger partial charge in [0.15, 0.2) is 5.82 Å². The second kappa shape index (κ2) is 7.80. The van der Waals surface area contributed by atoms with Crippen molar-refractivity contribution in [2.24, 2.45) is 0 Å². The van der Waals surface area contributed by atoms with Crippen LogP contribution in [0, 0.1) is 6.92 Å². The Hall–Kier alpha value is -2.22. The summed E-state index contributed by atoms with van der Waals surface area (Å²) in [4.78, 5) is 22.5. The van der Waals surface area contributed by atoms with Crippen LogP contribution in [0.15, 0.2) is 40.9 Å². The first kappa shape index (κ1) is 18.2. The molecule has 2 aromatic heterocycles. The molecule has 0 N–H and O–H groups in total. The van der Waals surface area contributed by atoms with Gasteiger partial charge in [-0.2, -0.15) is 4.98 Å². The average molecular weight is 403 g/mol. The van der Waals surface area contributed by atoms with Gasteiger partial charge in [0.25, 0.3) is 11.8 Å². The van der Waals surface area contributed by atoms with E-state index in [2.05, 4.69) is 21.1 Å². The number of amides is 1. The third-order valence-corrected chi connectivity index (χ3v) is 5.79. The van der Waals surface area contributed by atoms with E-state index in [1.807, 2.05) is 35.2 Å². The zero-order valence-electron chi connectivity index (χ0n) is 14.9. The molecule has 0 unspecified atom stereocenters. The minimum Gasteiger partial charge on any atom is -0.336 e. The van der Waals surface area contributed by atoms with Crippen LogP contribution in [-0.4, -0.2) is 52.0 Å². The lowest BCUT2D eigenvalue weighted by Crippen LogP contribution is -2.48. The molecule has 4 rings (SSSR count). The Bertz CT molecular complexity index is 929. The Morgan fingerprint density at radius 1 is 1.15 bits per heavy atom. The first-order valence-electron chi connectivity index (χ1n) is 8.75. The summed E-state index contributed by atoms with van der Waals surface area (Å²) in [5.41, 5.74) is 1.49. The summed E-state index contributed by atoms with van der Waals surface area (Å²) in [5.74, 6) is 1.11. The highest BCUT2D eigenvalue weighted by Crippen LogP contribution is 2.23. The smallest absolute Gasteiger partial charge is 0.257 e. The summed E-state index contributed by atoms with van der Waals surface area (Å²) in [5, 5.41) is 3.79. The molecule has 0 radical (unpaired) electrons. The molecule has 1 aromatic carbocycles. The van der Waals surface area contributed by atoms with Gasteiger partial charge in [-0.1, -0.05) is 16.8 Å².